The molecule has 1 aromatic rings. The molecule has 0 spiro atoms. The predicted octanol–water partition coefficient (Wildman–Crippen LogP) is 1.33. The van der Waals surface area contributed by atoms with Gasteiger partial charge in [-0.3, -0.25) is 14.6 Å². The van der Waals surface area contributed by atoms with Gasteiger partial charge in [-0.25, -0.2) is 4.98 Å². The third kappa shape index (κ3) is 3.98. The molecule has 0 radical (unpaired) electrons. The van der Waals surface area contributed by atoms with Crippen LogP contribution < -0.4 is 0 Å². The van der Waals surface area contributed by atoms with Crippen LogP contribution in [0, 0.1) is 0 Å². The average molecular weight is 333 g/mol. The van der Waals surface area contributed by atoms with E-state index >= 15 is 0 Å². The molecule has 1 atom stereocenters. The first-order valence-electron chi connectivity index (χ1n) is 9.40. The maximum atomic E-state index is 13.0. The average Bonchev–Trinajstić information content (AvgIpc) is 3.12. The van der Waals surface area contributed by atoms with Crippen molar-refractivity contribution < 1.29 is 4.79 Å². The van der Waals surface area contributed by atoms with E-state index in [1.807, 2.05) is 19.4 Å². The summed E-state index contributed by atoms with van der Waals surface area (Å²) in [4.78, 5) is 24.3. The van der Waals surface area contributed by atoms with Crippen LogP contribution in [0.25, 0.3) is 0 Å². The second kappa shape index (κ2) is 8.12. The molecule has 1 aromatic heterocycles. The van der Waals surface area contributed by atoms with Crippen molar-refractivity contribution in [3.63, 3.8) is 0 Å². The van der Waals surface area contributed by atoms with Crippen LogP contribution in [0.4, 0.5) is 0 Å². The van der Waals surface area contributed by atoms with E-state index in [1.54, 1.807) is 0 Å². The Hall–Kier alpha value is -1.40. The molecule has 134 valence electrons. The fourth-order valence-electron chi connectivity index (χ4n) is 3.97. The molecule has 3 heterocycles. The fraction of sp³-hybridized carbons (Fsp3) is 0.778. The van der Waals surface area contributed by atoms with Gasteiger partial charge in [0.25, 0.3) is 0 Å². The zero-order valence-corrected chi connectivity index (χ0v) is 15.2. The quantitative estimate of drug-likeness (QED) is 0.815. The largest absolute Gasteiger partial charge is 0.340 e. The van der Waals surface area contributed by atoms with Crippen LogP contribution in [0.2, 0.25) is 0 Å². The SMILES string of the molecule is CCCN1CCC[C@H]1C(=O)N1CCCN(Cc2nccn2C)CC1. The Morgan fingerprint density at radius 1 is 1.21 bits per heavy atom. The minimum atomic E-state index is 0.131. The highest BCUT2D eigenvalue weighted by molar-refractivity contribution is 5.82. The van der Waals surface area contributed by atoms with Crippen LogP contribution in [-0.2, 0) is 18.4 Å². The van der Waals surface area contributed by atoms with Crippen LogP contribution in [-0.4, -0.2) is 75.5 Å². The van der Waals surface area contributed by atoms with E-state index in [9.17, 15) is 4.79 Å². The molecule has 0 N–H and O–H groups in total. The van der Waals surface area contributed by atoms with Crippen LogP contribution in [0.5, 0.6) is 0 Å². The molecule has 0 saturated carbocycles. The number of rotatable bonds is 5. The van der Waals surface area contributed by atoms with Gasteiger partial charge in [-0.1, -0.05) is 6.92 Å². The molecule has 0 aromatic carbocycles. The molecule has 24 heavy (non-hydrogen) atoms. The van der Waals surface area contributed by atoms with Crippen LogP contribution in [0.3, 0.4) is 0 Å². The smallest absolute Gasteiger partial charge is 0.239 e. The third-order valence-corrected chi connectivity index (χ3v) is 5.35. The van der Waals surface area contributed by atoms with E-state index in [1.165, 1.54) is 0 Å². The topological polar surface area (TPSA) is 44.6 Å². The Morgan fingerprint density at radius 3 is 2.83 bits per heavy atom. The summed E-state index contributed by atoms with van der Waals surface area (Å²) in [7, 11) is 2.04. The number of carbonyl (C=O) groups excluding carboxylic acids is 1. The number of hydrogen-bond donors (Lipinski definition) is 0. The van der Waals surface area contributed by atoms with Gasteiger partial charge < -0.3 is 9.47 Å². The van der Waals surface area contributed by atoms with E-state index in [4.69, 9.17) is 0 Å². The number of amides is 1. The third-order valence-electron chi connectivity index (χ3n) is 5.35. The van der Waals surface area contributed by atoms with E-state index in [0.717, 1.165) is 77.3 Å². The molecular weight excluding hydrogens is 302 g/mol. The number of hydrogen-bond acceptors (Lipinski definition) is 4. The number of aromatic nitrogens is 2. The summed E-state index contributed by atoms with van der Waals surface area (Å²) in [5.41, 5.74) is 0. The highest BCUT2D eigenvalue weighted by Crippen LogP contribution is 2.20. The monoisotopic (exact) mass is 333 g/mol. The van der Waals surface area contributed by atoms with Crippen molar-refractivity contribution >= 4 is 5.91 Å². The molecule has 0 aliphatic carbocycles. The Kier molecular flexibility index (Phi) is 5.89. The minimum absolute atomic E-state index is 0.131. The Bertz CT molecular complexity index is 543. The molecule has 2 aliphatic heterocycles. The summed E-state index contributed by atoms with van der Waals surface area (Å²) in [6, 6.07) is 0.131. The Morgan fingerprint density at radius 2 is 2.08 bits per heavy atom. The highest BCUT2D eigenvalue weighted by Gasteiger charge is 2.33. The van der Waals surface area contributed by atoms with Gasteiger partial charge in [0.2, 0.25) is 5.91 Å². The fourth-order valence-corrected chi connectivity index (χ4v) is 3.97. The zero-order valence-electron chi connectivity index (χ0n) is 15.2. The van der Waals surface area contributed by atoms with Crippen molar-refractivity contribution in [2.45, 2.75) is 45.2 Å². The maximum absolute atomic E-state index is 13.0. The number of aryl methyl sites for hydroxylation is 1. The van der Waals surface area contributed by atoms with Crippen molar-refractivity contribution in [1.29, 1.82) is 0 Å². The van der Waals surface area contributed by atoms with Gasteiger partial charge in [0.05, 0.1) is 12.6 Å². The van der Waals surface area contributed by atoms with Gasteiger partial charge in [-0.05, 0) is 38.8 Å². The molecule has 1 amide bonds. The number of carbonyl (C=O) groups is 1. The summed E-state index contributed by atoms with van der Waals surface area (Å²) in [6.45, 7) is 8.93. The second-order valence-electron chi connectivity index (χ2n) is 7.10. The van der Waals surface area contributed by atoms with E-state index < -0.39 is 0 Å². The molecule has 0 unspecified atom stereocenters. The summed E-state index contributed by atoms with van der Waals surface area (Å²) < 4.78 is 2.08. The molecule has 6 heteroatoms. The lowest BCUT2D eigenvalue weighted by molar-refractivity contribution is -0.135. The van der Waals surface area contributed by atoms with Crippen LogP contribution in [0.1, 0.15) is 38.4 Å². The van der Waals surface area contributed by atoms with Gasteiger partial charge in [0.15, 0.2) is 0 Å². The van der Waals surface area contributed by atoms with Crippen molar-refractivity contribution in [2.75, 3.05) is 39.3 Å². The van der Waals surface area contributed by atoms with Crippen molar-refractivity contribution in [1.82, 2.24) is 24.3 Å². The molecule has 3 rings (SSSR count). The summed E-state index contributed by atoms with van der Waals surface area (Å²) >= 11 is 0. The molecule has 2 aliphatic rings. The van der Waals surface area contributed by atoms with Crippen molar-refractivity contribution in [3.05, 3.63) is 18.2 Å². The van der Waals surface area contributed by atoms with Gasteiger partial charge in [-0.2, -0.15) is 0 Å². The van der Waals surface area contributed by atoms with Crippen LogP contribution in [0.15, 0.2) is 12.4 Å². The van der Waals surface area contributed by atoms with Gasteiger partial charge in [0.1, 0.15) is 5.82 Å². The molecule has 2 saturated heterocycles. The van der Waals surface area contributed by atoms with Crippen molar-refractivity contribution in [3.8, 4) is 0 Å². The first-order valence-corrected chi connectivity index (χ1v) is 9.40. The molecular formula is C18H31N5O. The van der Waals surface area contributed by atoms with E-state index in [2.05, 4.69) is 31.2 Å². The van der Waals surface area contributed by atoms with Crippen molar-refractivity contribution in [2.24, 2.45) is 7.05 Å². The van der Waals surface area contributed by atoms with E-state index in [0.29, 0.717) is 5.91 Å². The standard InChI is InChI=1S/C18H31N5O/c1-3-8-22-10-4-6-16(22)18(24)23-11-5-9-21(13-14-23)15-17-19-7-12-20(17)2/h7,12,16H,3-6,8-11,13-15H2,1-2H3/t16-/m0/s1. The molecule has 2 fully saturated rings. The zero-order chi connectivity index (χ0) is 16.9. The Balaban J connectivity index is 1.55. The predicted molar refractivity (Wildman–Crippen MR) is 94.6 cm³/mol. The lowest BCUT2D eigenvalue weighted by atomic mass is 10.2. The van der Waals surface area contributed by atoms with Gasteiger partial charge in [0, 0.05) is 45.6 Å². The lowest BCUT2D eigenvalue weighted by Gasteiger charge is -2.29. The van der Waals surface area contributed by atoms with Gasteiger partial charge in [-0.15, -0.1) is 0 Å². The normalized spacial score (nSPS) is 23.6. The first kappa shape index (κ1) is 17.4. The number of nitrogens with zero attached hydrogens (tertiary/aromatic N) is 5. The number of likely N-dealkylation sites (tertiary alicyclic amines) is 1. The Labute approximate surface area is 145 Å². The summed E-state index contributed by atoms with van der Waals surface area (Å²) in [5.74, 6) is 1.46. The second-order valence-corrected chi connectivity index (χ2v) is 7.10. The summed E-state index contributed by atoms with van der Waals surface area (Å²) in [5, 5.41) is 0. The van der Waals surface area contributed by atoms with E-state index in [-0.39, 0.29) is 6.04 Å². The lowest BCUT2D eigenvalue weighted by Crippen LogP contribution is -2.47. The highest BCUT2D eigenvalue weighted by atomic mass is 16.2. The van der Waals surface area contributed by atoms with Crippen LogP contribution >= 0.6 is 0 Å². The van der Waals surface area contributed by atoms with Gasteiger partial charge >= 0.3 is 0 Å². The number of imidazole rings is 1. The molecule has 6 nitrogen and oxygen atoms in total. The maximum Gasteiger partial charge on any atom is 0.239 e. The minimum Gasteiger partial charge on any atom is -0.340 e. The summed E-state index contributed by atoms with van der Waals surface area (Å²) in [6.07, 6.45) is 8.22. The first-order chi connectivity index (χ1) is 11.7. The molecule has 0 bridgehead atoms.